The van der Waals surface area contributed by atoms with E-state index in [0.29, 0.717) is 11.1 Å². The van der Waals surface area contributed by atoms with E-state index in [2.05, 4.69) is 31.1 Å². The SMILES string of the molecule is O=C(O)/C=C/c1ccc(N=Nc2c(S(=O)(=O)O)cc3cc(NC(=O)Nc4ccc5c(O)c(N=Nc6ccc(/C=C/C(=O)O)cc6)c(S(=O)(=O)O)cc5c4)ccc3c2O)cc1. The van der Waals surface area contributed by atoms with Crippen molar-refractivity contribution in [2.75, 3.05) is 10.6 Å². The van der Waals surface area contributed by atoms with E-state index in [9.17, 15) is 50.5 Å². The Bertz CT molecular complexity index is 2870. The summed E-state index contributed by atoms with van der Waals surface area (Å²) in [5.41, 5.74) is 0.508. The Kier molecular flexibility index (Phi) is 11.8. The molecule has 21 heteroatoms. The van der Waals surface area contributed by atoms with Crippen molar-refractivity contribution in [1.82, 2.24) is 0 Å². The molecule has 19 nitrogen and oxygen atoms in total. The van der Waals surface area contributed by atoms with Gasteiger partial charge in [0.15, 0.2) is 11.5 Å². The molecule has 6 rings (SSSR count). The highest BCUT2D eigenvalue weighted by molar-refractivity contribution is 7.86. The van der Waals surface area contributed by atoms with Gasteiger partial charge in [0.2, 0.25) is 0 Å². The molecule has 0 aliphatic heterocycles. The highest BCUT2D eigenvalue weighted by Crippen LogP contribution is 2.43. The first-order valence-electron chi connectivity index (χ1n) is 16.8. The lowest BCUT2D eigenvalue weighted by molar-refractivity contribution is -0.132. The highest BCUT2D eigenvalue weighted by Gasteiger charge is 2.24. The minimum absolute atomic E-state index is 0.0585. The Morgan fingerprint density at radius 2 is 0.883 bits per heavy atom. The van der Waals surface area contributed by atoms with Gasteiger partial charge in [-0.05, 0) is 107 Å². The largest absolute Gasteiger partial charge is 0.505 e. The van der Waals surface area contributed by atoms with Gasteiger partial charge in [-0.3, -0.25) is 9.11 Å². The van der Waals surface area contributed by atoms with Gasteiger partial charge in [-0.1, -0.05) is 24.3 Å². The number of amides is 2. The van der Waals surface area contributed by atoms with Crippen LogP contribution in [0.1, 0.15) is 11.1 Å². The number of carboxylic acid groups (broad SMARTS) is 2. The van der Waals surface area contributed by atoms with E-state index in [1.807, 2.05) is 0 Å². The lowest BCUT2D eigenvalue weighted by Gasteiger charge is -2.13. The number of aliphatic carboxylic acids is 2. The normalized spacial score (nSPS) is 12.3. The molecule has 6 aromatic carbocycles. The lowest BCUT2D eigenvalue weighted by atomic mass is 10.1. The molecule has 0 heterocycles. The molecule has 0 saturated carbocycles. The Morgan fingerprint density at radius 3 is 1.22 bits per heavy atom. The zero-order valence-electron chi connectivity index (χ0n) is 30.2. The number of phenols is 2. The second kappa shape index (κ2) is 16.9. The molecule has 0 spiro atoms. The third kappa shape index (κ3) is 9.99. The van der Waals surface area contributed by atoms with Crippen LogP contribution in [0.15, 0.2) is 139 Å². The Labute approximate surface area is 338 Å². The molecule has 0 aliphatic rings. The molecular formula is C39H28N6O13S2. The minimum Gasteiger partial charge on any atom is -0.505 e. The van der Waals surface area contributed by atoms with Gasteiger partial charge < -0.3 is 31.1 Å². The number of carbonyl (C=O) groups excluding carboxylic acids is 1. The van der Waals surface area contributed by atoms with Crippen molar-refractivity contribution in [1.29, 1.82) is 0 Å². The average molecular weight is 853 g/mol. The maximum absolute atomic E-state index is 13.1. The summed E-state index contributed by atoms with van der Waals surface area (Å²) in [6, 6.07) is 21.1. The van der Waals surface area contributed by atoms with E-state index in [-0.39, 0.29) is 44.3 Å². The summed E-state index contributed by atoms with van der Waals surface area (Å²) in [5, 5.41) is 60.5. The molecule has 0 saturated heterocycles. The van der Waals surface area contributed by atoms with E-state index in [4.69, 9.17) is 10.2 Å². The fourth-order valence-corrected chi connectivity index (χ4v) is 6.91. The summed E-state index contributed by atoms with van der Waals surface area (Å²) >= 11 is 0. The van der Waals surface area contributed by atoms with Gasteiger partial charge in [-0.2, -0.15) is 27.1 Å². The number of nitrogens with one attached hydrogen (secondary N) is 2. The molecule has 6 aromatic rings. The van der Waals surface area contributed by atoms with E-state index in [0.717, 1.165) is 24.3 Å². The average Bonchev–Trinajstić information content (AvgIpc) is 3.18. The van der Waals surface area contributed by atoms with E-state index in [1.165, 1.54) is 97.1 Å². The first-order chi connectivity index (χ1) is 28.3. The number of hydrogen-bond acceptors (Lipinski definition) is 13. The van der Waals surface area contributed by atoms with E-state index >= 15 is 0 Å². The molecule has 8 N–H and O–H groups in total. The third-order valence-electron chi connectivity index (χ3n) is 8.33. The molecular weight excluding hydrogens is 825 g/mol. The van der Waals surface area contributed by atoms with Crippen molar-refractivity contribution in [3.63, 3.8) is 0 Å². The Morgan fingerprint density at radius 1 is 0.517 bits per heavy atom. The minimum atomic E-state index is -4.99. The fourth-order valence-electron chi connectivity index (χ4n) is 5.59. The number of phenolic OH excluding ortho intramolecular Hbond substituents is 2. The van der Waals surface area contributed by atoms with Gasteiger partial charge in [-0.25, -0.2) is 14.4 Å². The highest BCUT2D eigenvalue weighted by atomic mass is 32.2. The van der Waals surface area contributed by atoms with Gasteiger partial charge in [-0.15, -0.1) is 10.2 Å². The summed E-state index contributed by atoms with van der Waals surface area (Å²) in [5.74, 6) is -3.60. The zero-order valence-corrected chi connectivity index (χ0v) is 31.8. The molecule has 0 radical (unpaired) electrons. The van der Waals surface area contributed by atoms with Crippen molar-refractivity contribution >= 4 is 106 Å². The van der Waals surface area contributed by atoms with Crippen LogP contribution in [0.4, 0.5) is 38.9 Å². The number of azo groups is 2. The first-order valence-corrected chi connectivity index (χ1v) is 19.7. The molecule has 0 bridgehead atoms. The molecule has 0 atom stereocenters. The zero-order chi connectivity index (χ0) is 43.4. The number of hydrogen-bond donors (Lipinski definition) is 8. The van der Waals surface area contributed by atoms with Gasteiger partial charge in [0, 0.05) is 34.3 Å². The van der Waals surface area contributed by atoms with Crippen molar-refractivity contribution in [2.45, 2.75) is 9.79 Å². The predicted octanol–water partition coefficient (Wildman–Crippen LogP) is 8.57. The van der Waals surface area contributed by atoms with Crippen LogP contribution in [0.2, 0.25) is 0 Å². The number of carbonyl (C=O) groups is 3. The fraction of sp³-hybridized carbons (Fsp3) is 0. The molecule has 60 heavy (non-hydrogen) atoms. The quantitative estimate of drug-likeness (QED) is 0.0325. The smallest absolute Gasteiger partial charge is 0.328 e. The van der Waals surface area contributed by atoms with Crippen molar-refractivity contribution in [3.8, 4) is 11.5 Å². The van der Waals surface area contributed by atoms with Gasteiger partial charge in [0.1, 0.15) is 21.2 Å². The van der Waals surface area contributed by atoms with Crippen LogP contribution in [0.5, 0.6) is 11.5 Å². The predicted molar refractivity (Wildman–Crippen MR) is 218 cm³/mol. The van der Waals surface area contributed by atoms with Crippen LogP contribution in [0.25, 0.3) is 33.7 Å². The molecule has 0 fully saturated rings. The van der Waals surface area contributed by atoms with Crippen LogP contribution in [0, 0.1) is 0 Å². The van der Waals surface area contributed by atoms with Crippen molar-refractivity contribution in [3.05, 3.63) is 120 Å². The van der Waals surface area contributed by atoms with Gasteiger partial charge in [0.25, 0.3) is 20.2 Å². The third-order valence-corrected chi connectivity index (χ3v) is 10.1. The number of rotatable bonds is 12. The first kappa shape index (κ1) is 41.8. The standard InChI is InChI=1S/C39H28N6O13S2/c46-33(47)15-5-21-1-7-25(8-2-21)42-44-35-31(59(53,54)55)19-23-17-27(11-13-29(23)37(35)50)40-39(52)41-28-12-14-30-24(18-28)20-32(60(56,57)58)36(38(30)51)45-43-26-9-3-22(4-10-26)6-16-34(48)49/h1-20,50-51H,(H,46,47)(H,48,49)(H2,40,41,52)(H,53,54,55)(H,56,57,58)/b15-5+,16-6+,44-42?,45-43?. The summed E-state index contributed by atoms with van der Waals surface area (Å²) in [4.78, 5) is 33.0. The lowest BCUT2D eigenvalue weighted by Crippen LogP contribution is -2.19. The maximum atomic E-state index is 13.1. The number of urea groups is 1. The van der Waals surface area contributed by atoms with Crippen LogP contribution in [-0.4, -0.2) is 64.3 Å². The topological polar surface area (TPSA) is 314 Å². The van der Waals surface area contributed by atoms with Crippen LogP contribution >= 0.6 is 0 Å². The van der Waals surface area contributed by atoms with Gasteiger partial charge >= 0.3 is 18.0 Å². The summed E-state index contributed by atoms with van der Waals surface area (Å²) in [7, 11) is -9.97. The van der Waals surface area contributed by atoms with Crippen LogP contribution in [-0.2, 0) is 29.8 Å². The molecule has 2 amide bonds. The Hall–Kier alpha value is -7.85. The summed E-state index contributed by atoms with van der Waals surface area (Å²) in [6.45, 7) is 0. The van der Waals surface area contributed by atoms with Crippen molar-refractivity contribution in [2.24, 2.45) is 20.5 Å². The van der Waals surface area contributed by atoms with E-state index in [1.54, 1.807) is 0 Å². The second-order valence-corrected chi connectivity index (χ2v) is 15.3. The van der Waals surface area contributed by atoms with Gasteiger partial charge in [0.05, 0.1) is 11.4 Å². The molecule has 304 valence electrons. The van der Waals surface area contributed by atoms with Crippen molar-refractivity contribution < 1.29 is 60.8 Å². The van der Waals surface area contributed by atoms with Crippen LogP contribution < -0.4 is 10.6 Å². The number of aromatic hydroxyl groups is 2. The number of nitrogens with zero attached hydrogens (tertiary/aromatic N) is 4. The monoisotopic (exact) mass is 852 g/mol. The molecule has 0 unspecified atom stereocenters. The summed E-state index contributed by atoms with van der Waals surface area (Å²) < 4.78 is 69.4. The second-order valence-electron chi connectivity index (χ2n) is 12.5. The molecule has 0 aliphatic carbocycles. The number of benzene rings is 6. The number of anilines is 2. The number of carboxylic acids is 2. The Balaban J connectivity index is 1.23. The maximum Gasteiger partial charge on any atom is 0.328 e. The molecule has 0 aromatic heterocycles. The van der Waals surface area contributed by atoms with E-state index < -0.39 is 70.9 Å². The van der Waals surface area contributed by atoms with Crippen LogP contribution in [0.3, 0.4) is 0 Å². The summed E-state index contributed by atoms with van der Waals surface area (Å²) in [6.07, 6.45) is 4.55. The number of fused-ring (bicyclic) bond motifs is 2.